The molecule has 0 saturated heterocycles. The summed E-state index contributed by atoms with van der Waals surface area (Å²) in [4.78, 5) is 24.0. The van der Waals surface area contributed by atoms with E-state index < -0.39 is 0 Å². The normalized spacial score (nSPS) is 11.0. The lowest BCUT2D eigenvalue weighted by molar-refractivity contribution is -0.120. The van der Waals surface area contributed by atoms with E-state index in [0.29, 0.717) is 17.1 Å². The van der Waals surface area contributed by atoms with Crippen molar-refractivity contribution in [2.75, 3.05) is 6.54 Å². The molecule has 0 aliphatic rings. The molecule has 25 heavy (non-hydrogen) atoms. The van der Waals surface area contributed by atoms with Gasteiger partial charge in [-0.05, 0) is 34.7 Å². The number of carbonyl (C=O) groups excluding carboxylic acids is 2. The average molecular weight is 359 g/mol. The Hall–Kier alpha value is -2.33. The van der Waals surface area contributed by atoms with Gasteiger partial charge in [-0.25, -0.2) is 0 Å². The SMILES string of the molecule is CC(C)(C)c1ccc(C(=O)NCC(=O)NCc2ccccc2Cl)cc1. The summed E-state index contributed by atoms with van der Waals surface area (Å²) in [5, 5.41) is 5.96. The van der Waals surface area contributed by atoms with Crippen molar-refractivity contribution >= 4 is 23.4 Å². The van der Waals surface area contributed by atoms with Crippen LogP contribution in [0.3, 0.4) is 0 Å². The van der Waals surface area contributed by atoms with Crippen molar-refractivity contribution in [3.8, 4) is 0 Å². The van der Waals surface area contributed by atoms with Crippen LogP contribution in [0.2, 0.25) is 5.02 Å². The first kappa shape index (κ1) is 19.0. The summed E-state index contributed by atoms with van der Waals surface area (Å²) in [6, 6.07) is 14.7. The molecule has 2 N–H and O–H groups in total. The molecule has 0 bridgehead atoms. The van der Waals surface area contributed by atoms with Crippen LogP contribution in [-0.4, -0.2) is 18.4 Å². The quantitative estimate of drug-likeness (QED) is 0.856. The van der Waals surface area contributed by atoms with E-state index in [-0.39, 0.29) is 23.8 Å². The molecule has 2 aromatic carbocycles. The van der Waals surface area contributed by atoms with Crippen molar-refractivity contribution in [2.45, 2.75) is 32.7 Å². The summed E-state index contributed by atoms with van der Waals surface area (Å²) in [5.74, 6) is -0.534. The van der Waals surface area contributed by atoms with Gasteiger partial charge in [0.2, 0.25) is 5.91 Å². The summed E-state index contributed by atoms with van der Waals surface area (Å²) in [7, 11) is 0. The molecule has 0 heterocycles. The Bertz CT molecular complexity index is 749. The maximum absolute atomic E-state index is 12.1. The number of halogens is 1. The van der Waals surface area contributed by atoms with Gasteiger partial charge in [-0.15, -0.1) is 0 Å². The second-order valence-corrected chi connectivity index (χ2v) is 7.29. The van der Waals surface area contributed by atoms with Gasteiger partial charge >= 0.3 is 0 Å². The van der Waals surface area contributed by atoms with Crippen LogP contribution in [0.15, 0.2) is 48.5 Å². The lowest BCUT2D eigenvalue weighted by Gasteiger charge is -2.19. The molecule has 5 heteroatoms. The minimum Gasteiger partial charge on any atom is -0.350 e. The fraction of sp³-hybridized carbons (Fsp3) is 0.300. The molecule has 0 spiro atoms. The maximum atomic E-state index is 12.1. The third-order valence-electron chi connectivity index (χ3n) is 3.86. The van der Waals surface area contributed by atoms with E-state index in [2.05, 4.69) is 31.4 Å². The van der Waals surface area contributed by atoms with E-state index in [1.165, 1.54) is 0 Å². The van der Waals surface area contributed by atoms with E-state index in [4.69, 9.17) is 11.6 Å². The molecule has 0 saturated carbocycles. The van der Waals surface area contributed by atoms with Gasteiger partial charge in [0.1, 0.15) is 0 Å². The van der Waals surface area contributed by atoms with Crippen molar-refractivity contribution in [3.05, 3.63) is 70.2 Å². The highest BCUT2D eigenvalue weighted by molar-refractivity contribution is 6.31. The van der Waals surface area contributed by atoms with Crippen molar-refractivity contribution in [2.24, 2.45) is 0 Å². The van der Waals surface area contributed by atoms with Crippen molar-refractivity contribution in [3.63, 3.8) is 0 Å². The van der Waals surface area contributed by atoms with Gasteiger partial charge in [0.05, 0.1) is 6.54 Å². The fourth-order valence-corrected chi connectivity index (χ4v) is 2.48. The summed E-state index contributed by atoms with van der Waals surface area (Å²) >= 11 is 6.04. The Morgan fingerprint density at radius 2 is 1.60 bits per heavy atom. The molecule has 0 fully saturated rings. The Balaban J connectivity index is 1.83. The minimum atomic E-state index is -0.270. The number of amides is 2. The van der Waals surface area contributed by atoms with Crippen LogP contribution in [0.5, 0.6) is 0 Å². The van der Waals surface area contributed by atoms with Crippen LogP contribution in [-0.2, 0) is 16.8 Å². The van der Waals surface area contributed by atoms with E-state index in [9.17, 15) is 9.59 Å². The molecule has 2 rings (SSSR count). The first-order chi connectivity index (χ1) is 11.8. The Labute approximate surface area is 153 Å². The summed E-state index contributed by atoms with van der Waals surface area (Å²) in [5.41, 5.74) is 2.56. The van der Waals surface area contributed by atoms with E-state index >= 15 is 0 Å². The predicted molar refractivity (Wildman–Crippen MR) is 101 cm³/mol. The molecule has 132 valence electrons. The van der Waals surface area contributed by atoms with Gasteiger partial charge in [-0.3, -0.25) is 9.59 Å². The van der Waals surface area contributed by atoms with Crippen molar-refractivity contribution in [1.82, 2.24) is 10.6 Å². The molecular weight excluding hydrogens is 336 g/mol. The molecule has 0 atom stereocenters. The summed E-state index contributed by atoms with van der Waals surface area (Å²) in [6.07, 6.45) is 0. The molecule has 0 aliphatic heterocycles. The van der Waals surface area contributed by atoms with Crippen LogP contribution in [0.25, 0.3) is 0 Å². The van der Waals surface area contributed by atoms with E-state index in [1.54, 1.807) is 18.2 Å². The standard InChI is InChI=1S/C20H23ClN2O2/c1-20(2,3)16-10-8-14(9-11-16)19(25)23-13-18(24)22-12-15-6-4-5-7-17(15)21/h4-11H,12-13H2,1-3H3,(H,22,24)(H,23,25). The predicted octanol–water partition coefficient (Wildman–Crippen LogP) is 3.68. The number of hydrogen-bond acceptors (Lipinski definition) is 2. The van der Waals surface area contributed by atoms with E-state index in [0.717, 1.165) is 11.1 Å². The first-order valence-electron chi connectivity index (χ1n) is 8.16. The Morgan fingerprint density at radius 3 is 2.20 bits per heavy atom. The highest BCUT2D eigenvalue weighted by Crippen LogP contribution is 2.22. The third-order valence-corrected chi connectivity index (χ3v) is 4.23. The number of nitrogens with one attached hydrogen (secondary N) is 2. The highest BCUT2D eigenvalue weighted by atomic mass is 35.5. The van der Waals surface area contributed by atoms with Gasteiger partial charge in [0.15, 0.2) is 0 Å². The molecule has 0 aliphatic carbocycles. The van der Waals surface area contributed by atoms with Gasteiger partial charge in [-0.2, -0.15) is 0 Å². The van der Waals surface area contributed by atoms with Crippen molar-refractivity contribution in [1.29, 1.82) is 0 Å². The minimum absolute atomic E-state index is 0.0353. The molecular formula is C20H23ClN2O2. The summed E-state index contributed by atoms with van der Waals surface area (Å²) in [6.45, 7) is 6.60. The molecule has 0 radical (unpaired) electrons. The second kappa shape index (κ2) is 8.17. The van der Waals surface area contributed by atoms with Crippen LogP contribution in [0.4, 0.5) is 0 Å². The zero-order chi connectivity index (χ0) is 18.4. The van der Waals surface area contributed by atoms with Gasteiger partial charge < -0.3 is 10.6 Å². The van der Waals surface area contributed by atoms with Gasteiger partial charge in [0, 0.05) is 17.1 Å². The lowest BCUT2D eigenvalue weighted by Crippen LogP contribution is -2.36. The Kier molecular flexibility index (Phi) is 6.21. The molecule has 2 amide bonds. The number of hydrogen-bond donors (Lipinski definition) is 2. The topological polar surface area (TPSA) is 58.2 Å². The zero-order valence-corrected chi connectivity index (χ0v) is 15.5. The first-order valence-corrected chi connectivity index (χ1v) is 8.54. The lowest BCUT2D eigenvalue weighted by atomic mass is 9.87. The maximum Gasteiger partial charge on any atom is 0.251 e. The van der Waals surface area contributed by atoms with Crippen molar-refractivity contribution < 1.29 is 9.59 Å². The fourth-order valence-electron chi connectivity index (χ4n) is 2.28. The number of rotatable bonds is 5. The van der Waals surface area contributed by atoms with Gasteiger partial charge in [0.25, 0.3) is 5.91 Å². The number of carbonyl (C=O) groups is 2. The second-order valence-electron chi connectivity index (χ2n) is 6.88. The number of benzene rings is 2. The Morgan fingerprint density at radius 1 is 0.960 bits per heavy atom. The van der Waals surface area contributed by atoms with Gasteiger partial charge in [-0.1, -0.05) is 62.7 Å². The molecule has 2 aromatic rings. The average Bonchev–Trinajstić information content (AvgIpc) is 2.58. The van der Waals surface area contributed by atoms with E-state index in [1.807, 2.05) is 30.3 Å². The molecule has 0 unspecified atom stereocenters. The smallest absolute Gasteiger partial charge is 0.251 e. The van der Waals surface area contributed by atoms with Crippen LogP contribution < -0.4 is 10.6 Å². The highest BCUT2D eigenvalue weighted by Gasteiger charge is 2.14. The zero-order valence-electron chi connectivity index (χ0n) is 14.7. The third kappa shape index (κ3) is 5.61. The van der Waals surface area contributed by atoms with Crippen LogP contribution >= 0.6 is 11.6 Å². The molecule has 0 aromatic heterocycles. The largest absolute Gasteiger partial charge is 0.350 e. The van der Waals surface area contributed by atoms with Crippen LogP contribution in [0.1, 0.15) is 42.3 Å². The monoisotopic (exact) mass is 358 g/mol. The summed E-state index contributed by atoms with van der Waals surface area (Å²) < 4.78 is 0. The van der Waals surface area contributed by atoms with Crippen LogP contribution in [0, 0.1) is 0 Å². The molecule has 4 nitrogen and oxygen atoms in total.